The van der Waals surface area contributed by atoms with E-state index in [9.17, 15) is 0 Å². The van der Waals surface area contributed by atoms with Crippen LogP contribution in [0.1, 0.15) is 18.4 Å². The topological polar surface area (TPSA) is 38.0 Å². The molecule has 2 heteroatoms. The number of fused-ring (bicyclic) bond motifs is 1. The fourth-order valence-corrected chi connectivity index (χ4v) is 2.19. The van der Waals surface area contributed by atoms with Gasteiger partial charge in [-0.3, -0.25) is 0 Å². The minimum Gasteiger partial charge on any atom is -0.399 e. The molecule has 2 nitrogen and oxygen atoms in total. The first kappa shape index (κ1) is 7.25. The van der Waals surface area contributed by atoms with E-state index >= 15 is 0 Å². The number of anilines is 2. The maximum atomic E-state index is 5.74. The van der Waals surface area contributed by atoms with Gasteiger partial charge in [0.2, 0.25) is 0 Å². The van der Waals surface area contributed by atoms with Crippen molar-refractivity contribution in [3.8, 4) is 0 Å². The number of hydrogen-bond donors (Lipinski definition) is 2. The normalized spacial score (nSPS) is 25.4. The highest BCUT2D eigenvalue weighted by Crippen LogP contribution is 2.40. The highest BCUT2D eigenvalue weighted by Gasteiger charge is 2.34. The maximum Gasteiger partial charge on any atom is 0.0377 e. The van der Waals surface area contributed by atoms with Crippen LogP contribution in [0.5, 0.6) is 0 Å². The van der Waals surface area contributed by atoms with Crippen molar-refractivity contribution in [2.24, 2.45) is 5.92 Å². The molecule has 1 unspecified atom stereocenters. The molecule has 1 aromatic rings. The third-order valence-corrected chi connectivity index (χ3v) is 3.10. The maximum absolute atomic E-state index is 5.74. The Kier molecular flexibility index (Phi) is 1.34. The van der Waals surface area contributed by atoms with Gasteiger partial charge in [-0.15, -0.1) is 0 Å². The first-order chi connectivity index (χ1) is 6.33. The van der Waals surface area contributed by atoms with Crippen LogP contribution in [0.3, 0.4) is 0 Å². The lowest BCUT2D eigenvalue weighted by molar-refractivity contribution is 0.660. The van der Waals surface area contributed by atoms with Crippen molar-refractivity contribution in [2.75, 3.05) is 11.1 Å². The molecule has 0 saturated heterocycles. The Morgan fingerprint density at radius 2 is 2.15 bits per heavy atom. The van der Waals surface area contributed by atoms with Crippen LogP contribution in [0.25, 0.3) is 0 Å². The predicted molar refractivity (Wildman–Crippen MR) is 54.7 cm³/mol. The Balaban J connectivity index is 1.90. The van der Waals surface area contributed by atoms with E-state index in [-0.39, 0.29) is 0 Å². The number of benzene rings is 1. The molecule has 13 heavy (non-hydrogen) atoms. The molecule has 1 saturated carbocycles. The van der Waals surface area contributed by atoms with Gasteiger partial charge in [0.25, 0.3) is 0 Å². The van der Waals surface area contributed by atoms with Crippen molar-refractivity contribution >= 4 is 11.4 Å². The van der Waals surface area contributed by atoms with Crippen LogP contribution in [0.15, 0.2) is 18.2 Å². The van der Waals surface area contributed by atoms with Gasteiger partial charge in [0, 0.05) is 17.4 Å². The summed E-state index contributed by atoms with van der Waals surface area (Å²) in [4.78, 5) is 0. The van der Waals surface area contributed by atoms with Gasteiger partial charge in [0.1, 0.15) is 0 Å². The molecule has 0 radical (unpaired) electrons. The first-order valence-corrected chi connectivity index (χ1v) is 4.98. The molecule has 0 bridgehead atoms. The van der Waals surface area contributed by atoms with Gasteiger partial charge < -0.3 is 11.1 Å². The molecule has 1 aliphatic carbocycles. The average Bonchev–Trinajstić information content (AvgIpc) is 2.87. The van der Waals surface area contributed by atoms with Crippen LogP contribution < -0.4 is 11.1 Å². The summed E-state index contributed by atoms with van der Waals surface area (Å²) in [5, 5.41) is 3.57. The monoisotopic (exact) mass is 174 g/mol. The quantitative estimate of drug-likeness (QED) is 0.639. The molecule has 1 heterocycles. The van der Waals surface area contributed by atoms with Crippen LogP contribution in [-0.4, -0.2) is 6.04 Å². The first-order valence-electron chi connectivity index (χ1n) is 4.98. The fraction of sp³-hybridized carbons (Fsp3) is 0.455. The van der Waals surface area contributed by atoms with E-state index < -0.39 is 0 Å². The molecule has 68 valence electrons. The van der Waals surface area contributed by atoms with Crippen molar-refractivity contribution < 1.29 is 0 Å². The lowest BCUT2D eigenvalue weighted by atomic mass is 10.1. The smallest absolute Gasteiger partial charge is 0.0377 e. The van der Waals surface area contributed by atoms with Gasteiger partial charge >= 0.3 is 0 Å². The van der Waals surface area contributed by atoms with Gasteiger partial charge in [0.05, 0.1) is 0 Å². The molecular weight excluding hydrogens is 160 g/mol. The average molecular weight is 174 g/mol. The zero-order valence-corrected chi connectivity index (χ0v) is 7.59. The minimum absolute atomic E-state index is 0.691. The second-order valence-electron chi connectivity index (χ2n) is 4.21. The Morgan fingerprint density at radius 1 is 1.31 bits per heavy atom. The summed E-state index contributed by atoms with van der Waals surface area (Å²) in [6, 6.07) is 6.87. The van der Waals surface area contributed by atoms with Crippen LogP contribution in [0.4, 0.5) is 11.4 Å². The van der Waals surface area contributed by atoms with Crippen molar-refractivity contribution in [1.29, 1.82) is 0 Å². The molecule has 3 N–H and O–H groups in total. The van der Waals surface area contributed by atoms with Gasteiger partial charge in [0.15, 0.2) is 0 Å². The second kappa shape index (κ2) is 2.41. The second-order valence-corrected chi connectivity index (χ2v) is 4.21. The summed E-state index contributed by atoms with van der Waals surface area (Å²) in [6.45, 7) is 0. The number of nitrogens with two attached hydrogens (primary N) is 1. The number of nitrogen functional groups attached to an aromatic ring is 1. The Bertz CT molecular complexity index is 342. The van der Waals surface area contributed by atoms with Gasteiger partial charge in [-0.1, -0.05) is 0 Å². The van der Waals surface area contributed by atoms with Crippen molar-refractivity contribution in [3.05, 3.63) is 23.8 Å². The number of hydrogen-bond acceptors (Lipinski definition) is 2. The zero-order valence-electron chi connectivity index (χ0n) is 7.59. The van der Waals surface area contributed by atoms with E-state index in [2.05, 4.69) is 17.4 Å². The van der Waals surface area contributed by atoms with Crippen LogP contribution in [-0.2, 0) is 6.42 Å². The molecule has 1 atom stereocenters. The molecule has 0 spiro atoms. The summed E-state index contributed by atoms with van der Waals surface area (Å²) in [5.41, 5.74) is 9.32. The van der Waals surface area contributed by atoms with E-state index in [4.69, 9.17) is 5.73 Å². The number of rotatable bonds is 1. The molecule has 2 aliphatic rings. The summed E-state index contributed by atoms with van der Waals surface area (Å²) in [5.74, 6) is 0.925. The Morgan fingerprint density at radius 3 is 2.92 bits per heavy atom. The molecule has 0 amide bonds. The van der Waals surface area contributed by atoms with E-state index in [1.54, 1.807) is 0 Å². The molecule has 1 aliphatic heterocycles. The number of nitrogens with one attached hydrogen (secondary N) is 1. The van der Waals surface area contributed by atoms with Crippen LogP contribution in [0.2, 0.25) is 0 Å². The van der Waals surface area contributed by atoms with Gasteiger partial charge in [-0.2, -0.15) is 0 Å². The van der Waals surface area contributed by atoms with Gasteiger partial charge in [-0.05, 0) is 48.9 Å². The lowest BCUT2D eigenvalue weighted by Gasteiger charge is -2.07. The Hall–Kier alpha value is -1.18. The summed E-state index contributed by atoms with van der Waals surface area (Å²) in [6.07, 6.45) is 3.98. The largest absolute Gasteiger partial charge is 0.399 e. The minimum atomic E-state index is 0.691. The highest BCUT2D eigenvalue weighted by molar-refractivity contribution is 5.62. The standard InChI is InChI=1S/C11H14N2/c12-9-3-4-10-8(5-9)6-11(13-10)7-1-2-7/h3-5,7,11,13H,1-2,6,12H2. The van der Waals surface area contributed by atoms with Crippen molar-refractivity contribution in [1.82, 2.24) is 0 Å². The Labute approximate surface area is 78.1 Å². The summed E-state index contributed by atoms with van der Waals surface area (Å²) in [7, 11) is 0. The van der Waals surface area contributed by atoms with E-state index in [1.807, 2.05) is 6.07 Å². The third-order valence-electron chi connectivity index (χ3n) is 3.10. The summed E-state index contributed by atoms with van der Waals surface area (Å²) < 4.78 is 0. The lowest BCUT2D eigenvalue weighted by Crippen LogP contribution is -2.17. The molecule has 3 rings (SSSR count). The van der Waals surface area contributed by atoms with Crippen LogP contribution >= 0.6 is 0 Å². The van der Waals surface area contributed by atoms with Crippen molar-refractivity contribution in [2.45, 2.75) is 25.3 Å². The molecule has 0 aromatic heterocycles. The highest BCUT2D eigenvalue weighted by atomic mass is 15.0. The third kappa shape index (κ3) is 1.17. The molecular formula is C11H14N2. The summed E-state index contributed by atoms with van der Waals surface area (Å²) >= 11 is 0. The zero-order chi connectivity index (χ0) is 8.84. The van der Waals surface area contributed by atoms with E-state index in [0.717, 1.165) is 11.6 Å². The SMILES string of the molecule is Nc1ccc2c(c1)CC(C1CC1)N2. The van der Waals surface area contributed by atoms with E-state index in [0.29, 0.717) is 6.04 Å². The molecule has 1 aromatic carbocycles. The van der Waals surface area contributed by atoms with E-state index in [1.165, 1.54) is 30.5 Å². The van der Waals surface area contributed by atoms with Crippen LogP contribution in [0, 0.1) is 5.92 Å². The molecule has 1 fully saturated rings. The fourth-order valence-electron chi connectivity index (χ4n) is 2.19. The van der Waals surface area contributed by atoms with Crippen molar-refractivity contribution in [3.63, 3.8) is 0 Å². The van der Waals surface area contributed by atoms with Gasteiger partial charge in [-0.25, -0.2) is 0 Å². The predicted octanol–water partition coefficient (Wildman–Crippen LogP) is 2.02.